The van der Waals surface area contributed by atoms with Gasteiger partial charge in [0.25, 0.3) is 5.91 Å². The van der Waals surface area contributed by atoms with Gasteiger partial charge in [-0.1, -0.05) is 23.4 Å². The van der Waals surface area contributed by atoms with Crippen molar-refractivity contribution >= 4 is 5.91 Å². The fraction of sp³-hybridized carbons (Fsp3) is 0.263. The molecule has 1 aliphatic heterocycles. The second-order valence-electron chi connectivity index (χ2n) is 6.27. The second kappa shape index (κ2) is 6.95. The van der Waals surface area contributed by atoms with E-state index in [4.69, 9.17) is 9.26 Å². The molecule has 0 atom stereocenters. The van der Waals surface area contributed by atoms with Crippen LogP contribution in [0.2, 0.25) is 0 Å². The Morgan fingerprint density at radius 3 is 2.92 bits per heavy atom. The van der Waals surface area contributed by atoms with Gasteiger partial charge >= 0.3 is 0 Å². The van der Waals surface area contributed by atoms with Crippen LogP contribution in [0.4, 0.5) is 0 Å². The highest BCUT2D eigenvalue weighted by atomic mass is 16.5. The summed E-state index contributed by atoms with van der Waals surface area (Å²) in [6.45, 7) is 3.12. The number of benzene rings is 1. The molecule has 3 heterocycles. The van der Waals surface area contributed by atoms with E-state index in [-0.39, 0.29) is 18.4 Å². The molecule has 2 aromatic heterocycles. The zero-order valence-corrected chi connectivity index (χ0v) is 14.3. The number of pyridine rings is 1. The number of hydrogen-bond acceptors (Lipinski definition) is 6. The van der Waals surface area contributed by atoms with E-state index in [0.29, 0.717) is 36.2 Å². The predicted octanol–water partition coefficient (Wildman–Crippen LogP) is 2.44. The topological polar surface area (TPSA) is 81.4 Å². The van der Waals surface area contributed by atoms with E-state index in [2.05, 4.69) is 15.1 Å². The van der Waals surface area contributed by atoms with Crippen molar-refractivity contribution in [3.63, 3.8) is 0 Å². The minimum absolute atomic E-state index is 0.0270. The molecule has 0 saturated carbocycles. The summed E-state index contributed by atoms with van der Waals surface area (Å²) in [5.74, 6) is 1.71. The van der Waals surface area contributed by atoms with E-state index in [1.165, 1.54) is 0 Å². The average molecular weight is 350 g/mol. The Balaban J connectivity index is 1.30. The van der Waals surface area contributed by atoms with Crippen LogP contribution in [0.25, 0.3) is 11.5 Å². The molecule has 132 valence electrons. The van der Waals surface area contributed by atoms with E-state index >= 15 is 0 Å². The molecular formula is C19H18N4O3. The Labute approximate surface area is 150 Å². The van der Waals surface area contributed by atoms with Crippen molar-refractivity contribution in [2.75, 3.05) is 19.7 Å². The van der Waals surface area contributed by atoms with Gasteiger partial charge in [-0.05, 0) is 36.8 Å². The van der Waals surface area contributed by atoms with Crippen molar-refractivity contribution in [1.29, 1.82) is 0 Å². The van der Waals surface area contributed by atoms with Gasteiger partial charge in [0.1, 0.15) is 11.4 Å². The molecular weight excluding hydrogens is 332 g/mol. The molecule has 0 spiro atoms. The smallest absolute Gasteiger partial charge is 0.260 e. The normalized spacial score (nSPS) is 14.1. The number of aromatic nitrogens is 3. The van der Waals surface area contributed by atoms with Crippen LogP contribution in [-0.2, 0) is 4.79 Å². The number of amides is 1. The average Bonchev–Trinajstić information content (AvgIpc) is 3.09. The summed E-state index contributed by atoms with van der Waals surface area (Å²) in [6, 6.07) is 13.2. The molecule has 4 rings (SSSR count). The molecule has 26 heavy (non-hydrogen) atoms. The van der Waals surface area contributed by atoms with Crippen LogP contribution in [0.5, 0.6) is 5.75 Å². The molecule has 0 radical (unpaired) electrons. The largest absolute Gasteiger partial charge is 0.484 e. The first-order valence-electron chi connectivity index (χ1n) is 8.41. The zero-order valence-electron chi connectivity index (χ0n) is 14.3. The molecule has 0 unspecified atom stereocenters. The van der Waals surface area contributed by atoms with Gasteiger partial charge in [-0.2, -0.15) is 4.98 Å². The molecule has 1 amide bonds. The Morgan fingerprint density at radius 1 is 1.27 bits per heavy atom. The fourth-order valence-electron chi connectivity index (χ4n) is 2.78. The monoisotopic (exact) mass is 350 g/mol. The van der Waals surface area contributed by atoms with Crippen molar-refractivity contribution in [3.05, 3.63) is 60.1 Å². The lowest BCUT2D eigenvalue weighted by molar-refractivity contribution is -0.138. The number of carbonyl (C=O) groups is 1. The van der Waals surface area contributed by atoms with Crippen LogP contribution in [-0.4, -0.2) is 45.6 Å². The lowest BCUT2D eigenvalue weighted by atomic mass is 10.0. The van der Waals surface area contributed by atoms with Crippen LogP contribution < -0.4 is 4.74 Å². The predicted molar refractivity (Wildman–Crippen MR) is 93.5 cm³/mol. The third-order valence-corrected chi connectivity index (χ3v) is 4.27. The minimum atomic E-state index is -0.0489. The van der Waals surface area contributed by atoms with Crippen molar-refractivity contribution < 1.29 is 14.1 Å². The van der Waals surface area contributed by atoms with Crippen LogP contribution >= 0.6 is 0 Å². The Morgan fingerprint density at radius 2 is 2.15 bits per heavy atom. The molecule has 1 aromatic carbocycles. The van der Waals surface area contributed by atoms with E-state index in [9.17, 15) is 4.79 Å². The van der Waals surface area contributed by atoms with Gasteiger partial charge in [0.05, 0.1) is 5.92 Å². The fourth-order valence-corrected chi connectivity index (χ4v) is 2.78. The van der Waals surface area contributed by atoms with Crippen molar-refractivity contribution in [2.24, 2.45) is 0 Å². The van der Waals surface area contributed by atoms with Gasteiger partial charge in [0.15, 0.2) is 6.61 Å². The van der Waals surface area contributed by atoms with Gasteiger partial charge in [0.2, 0.25) is 11.7 Å². The van der Waals surface area contributed by atoms with Gasteiger partial charge in [-0.15, -0.1) is 0 Å². The number of ether oxygens (including phenoxy) is 1. The van der Waals surface area contributed by atoms with Crippen molar-refractivity contribution in [2.45, 2.75) is 12.8 Å². The van der Waals surface area contributed by atoms with Gasteiger partial charge in [-0.25, -0.2) is 0 Å². The zero-order chi connectivity index (χ0) is 17.9. The highest BCUT2D eigenvalue weighted by Gasteiger charge is 2.35. The maximum atomic E-state index is 12.2. The number of hydrogen-bond donors (Lipinski definition) is 0. The summed E-state index contributed by atoms with van der Waals surface area (Å²) in [5, 5.41) is 3.97. The summed E-state index contributed by atoms with van der Waals surface area (Å²) >= 11 is 0. The number of likely N-dealkylation sites (tertiary alicyclic amines) is 1. The molecule has 7 nitrogen and oxygen atoms in total. The van der Waals surface area contributed by atoms with Crippen LogP contribution in [0.3, 0.4) is 0 Å². The highest BCUT2D eigenvalue weighted by Crippen LogP contribution is 2.27. The minimum Gasteiger partial charge on any atom is -0.484 e. The molecule has 3 aromatic rings. The molecule has 1 fully saturated rings. The van der Waals surface area contributed by atoms with E-state index in [0.717, 1.165) is 5.56 Å². The van der Waals surface area contributed by atoms with Gasteiger partial charge in [0, 0.05) is 19.3 Å². The maximum absolute atomic E-state index is 12.2. The van der Waals surface area contributed by atoms with Gasteiger partial charge < -0.3 is 14.2 Å². The van der Waals surface area contributed by atoms with Crippen molar-refractivity contribution in [1.82, 2.24) is 20.0 Å². The first-order valence-corrected chi connectivity index (χ1v) is 8.41. The molecule has 1 saturated heterocycles. The van der Waals surface area contributed by atoms with Crippen molar-refractivity contribution in [3.8, 4) is 17.3 Å². The van der Waals surface area contributed by atoms with Crippen LogP contribution in [0.1, 0.15) is 17.4 Å². The second-order valence-corrected chi connectivity index (χ2v) is 6.27. The van der Waals surface area contributed by atoms with E-state index in [1.807, 2.05) is 49.4 Å². The SMILES string of the molecule is Cc1cccc(OCC(=O)N2CC(c3nc(-c4ccccn4)no3)C2)c1. The Hall–Kier alpha value is -3.22. The molecule has 1 aliphatic rings. The first kappa shape index (κ1) is 16.3. The molecule has 7 heteroatoms. The summed E-state index contributed by atoms with van der Waals surface area (Å²) in [6.07, 6.45) is 1.68. The lowest BCUT2D eigenvalue weighted by Crippen LogP contribution is -2.50. The number of rotatable bonds is 5. The quantitative estimate of drug-likeness (QED) is 0.703. The van der Waals surface area contributed by atoms with Crippen LogP contribution in [0.15, 0.2) is 53.2 Å². The molecule has 0 aliphatic carbocycles. The number of carbonyl (C=O) groups excluding carboxylic acids is 1. The number of nitrogens with zero attached hydrogens (tertiary/aromatic N) is 4. The molecule has 0 bridgehead atoms. The van der Waals surface area contributed by atoms with Gasteiger partial charge in [-0.3, -0.25) is 9.78 Å². The van der Waals surface area contributed by atoms with E-state index in [1.54, 1.807) is 11.1 Å². The number of aryl methyl sites for hydroxylation is 1. The highest BCUT2D eigenvalue weighted by molar-refractivity contribution is 5.78. The third-order valence-electron chi connectivity index (χ3n) is 4.27. The van der Waals surface area contributed by atoms with E-state index < -0.39 is 0 Å². The third kappa shape index (κ3) is 3.42. The molecule has 0 N–H and O–H groups in total. The first-order chi connectivity index (χ1) is 12.7. The summed E-state index contributed by atoms with van der Waals surface area (Å²) in [7, 11) is 0. The van der Waals surface area contributed by atoms with Crippen LogP contribution in [0, 0.1) is 6.92 Å². The summed E-state index contributed by atoms with van der Waals surface area (Å²) in [5.41, 5.74) is 1.76. The Kier molecular flexibility index (Phi) is 4.35. The maximum Gasteiger partial charge on any atom is 0.260 e. The lowest BCUT2D eigenvalue weighted by Gasteiger charge is -2.36. The Bertz CT molecular complexity index is 904. The summed E-state index contributed by atoms with van der Waals surface area (Å²) < 4.78 is 10.9. The standard InChI is InChI=1S/C19H18N4O3/c1-13-5-4-6-15(9-13)25-12-17(24)23-10-14(11-23)19-21-18(22-26-19)16-7-2-3-8-20-16/h2-9,14H,10-12H2,1H3. The summed E-state index contributed by atoms with van der Waals surface area (Å²) in [4.78, 5) is 22.5.